The van der Waals surface area contributed by atoms with E-state index in [0.29, 0.717) is 6.04 Å². The fraction of sp³-hybridized carbons (Fsp3) is 0.235. The average molecular weight is 314 g/mol. The number of rotatable bonds is 4. The number of nitrogens with one attached hydrogen (secondary N) is 1. The van der Waals surface area contributed by atoms with Crippen LogP contribution in [0.2, 0.25) is 0 Å². The maximum atomic E-state index is 4.56. The first kappa shape index (κ1) is 14.3. The minimum Gasteiger partial charge on any atom is -0.378 e. The Labute approximate surface area is 133 Å². The summed E-state index contributed by atoms with van der Waals surface area (Å²) in [5, 5.41) is 6.79. The van der Waals surface area contributed by atoms with E-state index in [1.807, 2.05) is 18.3 Å². The first-order valence-corrected chi connectivity index (χ1v) is 8.67. The molecule has 0 saturated heterocycles. The molecule has 1 unspecified atom stereocenters. The first-order chi connectivity index (χ1) is 10.1. The Morgan fingerprint density at radius 3 is 2.67 bits per heavy atom. The SMILES string of the molecule is Cc1ccc(C(C)Nc2cccc(-c3csc(C)n3)c2)s1. The van der Waals surface area contributed by atoms with Crippen LogP contribution >= 0.6 is 22.7 Å². The topological polar surface area (TPSA) is 24.9 Å². The molecule has 0 bridgehead atoms. The molecule has 1 atom stereocenters. The van der Waals surface area contributed by atoms with Crippen molar-refractivity contribution in [2.24, 2.45) is 0 Å². The van der Waals surface area contributed by atoms with Crippen molar-refractivity contribution in [3.8, 4) is 11.3 Å². The molecule has 3 rings (SSSR count). The molecule has 1 aromatic carbocycles. The molecule has 0 radical (unpaired) electrons. The van der Waals surface area contributed by atoms with Gasteiger partial charge in [0.15, 0.2) is 0 Å². The molecule has 0 saturated carbocycles. The minimum atomic E-state index is 0.316. The lowest BCUT2D eigenvalue weighted by molar-refractivity contribution is 0.908. The zero-order valence-corrected chi connectivity index (χ0v) is 14.0. The second-order valence-corrected chi connectivity index (χ2v) is 7.53. The zero-order chi connectivity index (χ0) is 14.8. The highest BCUT2D eigenvalue weighted by molar-refractivity contribution is 7.12. The molecule has 1 N–H and O–H groups in total. The highest BCUT2D eigenvalue weighted by atomic mass is 32.1. The number of aryl methyl sites for hydroxylation is 2. The molecule has 0 aliphatic rings. The van der Waals surface area contributed by atoms with Crippen molar-refractivity contribution >= 4 is 28.4 Å². The summed E-state index contributed by atoms with van der Waals surface area (Å²) >= 11 is 3.53. The molecule has 2 heterocycles. The Hall–Kier alpha value is -1.65. The van der Waals surface area contributed by atoms with E-state index in [9.17, 15) is 0 Å². The van der Waals surface area contributed by atoms with Crippen LogP contribution in [-0.2, 0) is 0 Å². The molecule has 108 valence electrons. The minimum absolute atomic E-state index is 0.316. The van der Waals surface area contributed by atoms with E-state index in [1.54, 1.807) is 11.3 Å². The van der Waals surface area contributed by atoms with Crippen LogP contribution in [0.3, 0.4) is 0 Å². The second-order valence-electron chi connectivity index (χ2n) is 5.15. The maximum absolute atomic E-state index is 4.56. The van der Waals surface area contributed by atoms with Gasteiger partial charge in [0.05, 0.1) is 16.7 Å². The Bertz CT molecular complexity index is 743. The quantitative estimate of drug-likeness (QED) is 0.672. The average Bonchev–Trinajstić information content (AvgIpc) is 3.08. The molecule has 0 aliphatic carbocycles. The van der Waals surface area contributed by atoms with Gasteiger partial charge in [0.2, 0.25) is 0 Å². The van der Waals surface area contributed by atoms with E-state index < -0.39 is 0 Å². The van der Waals surface area contributed by atoms with Crippen molar-refractivity contribution in [3.63, 3.8) is 0 Å². The summed E-state index contributed by atoms with van der Waals surface area (Å²) in [7, 11) is 0. The lowest BCUT2D eigenvalue weighted by Crippen LogP contribution is -2.04. The molecule has 3 aromatic rings. The Balaban J connectivity index is 1.80. The normalized spacial score (nSPS) is 12.3. The van der Waals surface area contributed by atoms with E-state index in [-0.39, 0.29) is 0 Å². The number of anilines is 1. The molecule has 0 aliphatic heterocycles. The van der Waals surface area contributed by atoms with Gasteiger partial charge in [-0.15, -0.1) is 22.7 Å². The Kier molecular flexibility index (Phi) is 4.08. The number of nitrogens with zero attached hydrogens (tertiary/aromatic N) is 1. The lowest BCUT2D eigenvalue weighted by Gasteiger charge is -2.14. The standard InChI is InChI=1S/C17H18N2S2/c1-11-7-8-17(21-11)12(2)18-15-6-4-5-14(9-15)16-10-20-13(3)19-16/h4-10,12,18H,1-3H3. The highest BCUT2D eigenvalue weighted by Gasteiger charge is 2.09. The van der Waals surface area contributed by atoms with Crippen molar-refractivity contribution in [3.05, 3.63) is 56.5 Å². The van der Waals surface area contributed by atoms with E-state index in [0.717, 1.165) is 16.4 Å². The van der Waals surface area contributed by atoms with Gasteiger partial charge in [-0.2, -0.15) is 0 Å². The third kappa shape index (κ3) is 3.34. The molecular formula is C17H18N2S2. The number of thiazole rings is 1. The van der Waals surface area contributed by atoms with Crippen molar-refractivity contribution in [1.29, 1.82) is 0 Å². The van der Waals surface area contributed by atoms with Gasteiger partial charge in [-0.1, -0.05) is 12.1 Å². The van der Waals surface area contributed by atoms with E-state index >= 15 is 0 Å². The van der Waals surface area contributed by atoms with Crippen LogP contribution in [0.15, 0.2) is 41.8 Å². The summed E-state index contributed by atoms with van der Waals surface area (Å²) in [5.41, 5.74) is 3.36. The summed E-state index contributed by atoms with van der Waals surface area (Å²) in [6, 6.07) is 13.2. The van der Waals surface area contributed by atoms with Crippen LogP contribution in [0.5, 0.6) is 0 Å². The zero-order valence-electron chi connectivity index (χ0n) is 12.4. The summed E-state index contributed by atoms with van der Waals surface area (Å²) in [6.07, 6.45) is 0. The van der Waals surface area contributed by atoms with Gasteiger partial charge in [0, 0.05) is 26.4 Å². The third-order valence-corrected chi connectivity index (χ3v) is 5.31. The van der Waals surface area contributed by atoms with Crippen molar-refractivity contribution in [2.45, 2.75) is 26.8 Å². The predicted molar refractivity (Wildman–Crippen MR) is 93.4 cm³/mol. The third-order valence-electron chi connectivity index (χ3n) is 3.35. The van der Waals surface area contributed by atoms with E-state index in [2.05, 4.69) is 65.9 Å². The highest BCUT2D eigenvalue weighted by Crippen LogP contribution is 2.28. The summed E-state index contributed by atoms with van der Waals surface area (Å²) in [6.45, 7) is 6.38. The smallest absolute Gasteiger partial charge is 0.0901 e. The van der Waals surface area contributed by atoms with Gasteiger partial charge in [-0.25, -0.2) is 4.98 Å². The molecular weight excluding hydrogens is 296 g/mol. The van der Waals surface area contributed by atoms with Crippen molar-refractivity contribution in [1.82, 2.24) is 4.98 Å². The fourth-order valence-corrected chi connectivity index (χ4v) is 3.77. The molecule has 0 spiro atoms. The number of hydrogen-bond acceptors (Lipinski definition) is 4. The lowest BCUT2D eigenvalue weighted by atomic mass is 10.1. The number of aromatic nitrogens is 1. The van der Waals surface area contributed by atoms with E-state index in [1.165, 1.54) is 15.3 Å². The number of thiophene rings is 1. The summed E-state index contributed by atoms with van der Waals surface area (Å²) in [5.74, 6) is 0. The van der Waals surface area contributed by atoms with Crippen molar-refractivity contribution < 1.29 is 0 Å². The van der Waals surface area contributed by atoms with Crippen LogP contribution in [0.4, 0.5) is 5.69 Å². The Morgan fingerprint density at radius 2 is 2.00 bits per heavy atom. The predicted octanol–water partition coefficient (Wildman–Crippen LogP) is 5.66. The molecule has 0 fully saturated rings. The number of hydrogen-bond donors (Lipinski definition) is 1. The van der Waals surface area contributed by atoms with Crippen LogP contribution in [0, 0.1) is 13.8 Å². The van der Waals surface area contributed by atoms with Gasteiger partial charge < -0.3 is 5.32 Å². The van der Waals surface area contributed by atoms with Crippen LogP contribution in [0.1, 0.15) is 27.7 Å². The maximum Gasteiger partial charge on any atom is 0.0901 e. The largest absolute Gasteiger partial charge is 0.378 e. The van der Waals surface area contributed by atoms with Crippen LogP contribution in [0.25, 0.3) is 11.3 Å². The summed E-state index contributed by atoms with van der Waals surface area (Å²) < 4.78 is 0. The molecule has 0 amide bonds. The molecule has 2 aromatic heterocycles. The van der Waals surface area contributed by atoms with Gasteiger partial charge in [-0.05, 0) is 45.0 Å². The number of benzene rings is 1. The second kappa shape index (κ2) is 6.00. The fourth-order valence-electron chi connectivity index (χ4n) is 2.27. The Morgan fingerprint density at radius 1 is 1.14 bits per heavy atom. The molecule has 21 heavy (non-hydrogen) atoms. The first-order valence-electron chi connectivity index (χ1n) is 6.97. The monoisotopic (exact) mass is 314 g/mol. The van der Waals surface area contributed by atoms with Gasteiger partial charge in [0.1, 0.15) is 0 Å². The molecule has 4 heteroatoms. The van der Waals surface area contributed by atoms with Crippen LogP contribution < -0.4 is 5.32 Å². The van der Waals surface area contributed by atoms with Crippen molar-refractivity contribution in [2.75, 3.05) is 5.32 Å². The van der Waals surface area contributed by atoms with Crippen LogP contribution in [-0.4, -0.2) is 4.98 Å². The van der Waals surface area contributed by atoms with E-state index in [4.69, 9.17) is 0 Å². The molecule has 2 nitrogen and oxygen atoms in total. The summed E-state index contributed by atoms with van der Waals surface area (Å²) in [4.78, 5) is 7.27. The van der Waals surface area contributed by atoms with Gasteiger partial charge in [-0.3, -0.25) is 0 Å². The van der Waals surface area contributed by atoms with Gasteiger partial charge >= 0.3 is 0 Å². The van der Waals surface area contributed by atoms with Gasteiger partial charge in [0.25, 0.3) is 0 Å².